The fraction of sp³-hybridized carbons (Fsp3) is 0.600. The molecule has 0 spiro atoms. The molecule has 0 aliphatic carbocycles. The quantitative estimate of drug-likeness (QED) is 0.861. The fourth-order valence-corrected chi connectivity index (χ4v) is 5.33. The van der Waals surface area contributed by atoms with Crippen LogP contribution in [0, 0.1) is 6.92 Å². The average Bonchev–Trinajstić information content (AvgIpc) is 2.48. The summed E-state index contributed by atoms with van der Waals surface area (Å²) in [4.78, 5) is 0.420. The monoisotopic (exact) mass is 374 g/mol. The van der Waals surface area contributed by atoms with Gasteiger partial charge in [0.2, 0.25) is 10.0 Å². The highest BCUT2D eigenvalue weighted by molar-refractivity contribution is 9.10. The van der Waals surface area contributed by atoms with Crippen LogP contribution in [0.3, 0.4) is 0 Å². The van der Waals surface area contributed by atoms with Gasteiger partial charge in [0.1, 0.15) is 0 Å². The number of piperidine rings is 1. The molecule has 1 aromatic carbocycles. The molecule has 0 bridgehead atoms. The van der Waals surface area contributed by atoms with Crippen molar-refractivity contribution in [1.82, 2.24) is 9.62 Å². The topological polar surface area (TPSA) is 49.4 Å². The maximum absolute atomic E-state index is 13.1. The van der Waals surface area contributed by atoms with Crippen molar-refractivity contribution in [2.24, 2.45) is 0 Å². The lowest BCUT2D eigenvalue weighted by atomic mass is 10.1. The standard InChI is InChI=1S/C15H23BrN2O2S/c1-3-11-18(13-7-9-17-10-8-13)21(19,20)15-6-4-5-14(16)12(15)2/h4-6,13,17H,3,7-11H2,1-2H3. The first-order valence-electron chi connectivity index (χ1n) is 7.46. The van der Waals surface area contributed by atoms with E-state index in [1.165, 1.54) is 0 Å². The lowest BCUT2D eigenvalue weighted by Crippen LogP contribution is -2.46. The molecule has 118 valence electrons. The second-order valence-corrected chi connectivity index (χ2v) is 8.17. The maximum Gasteiger partial charge on any atom is 0.243 e. The summed E-state index contributed by atoms with van der Waals surface area (Å²) in [6, 6.07) is 5.48. The van der Waals surface area contributed by atoms with E-state index < -0.39 is 10.0 Å². The summed E-state index contributed by atoms with van der Waals surface area (Å²) >= 11 is 3.43. The summed E-state index contributed by atoms with van der Waals surface area (Å²) < 4.78 is 28.7. The van der Waals surface area contributed by atoms with Gasteiger partial charge in [-0.15, -0.1) is 0 Å². The molecule has 1 aliphatic heterocycles. The van der Waals surface area contributed by atoms with Crippen LogP contribution in [0.1, 0.15) is 31.7 Å². The minimum Gasteiger partial charge on any atom is -0.317 e. The predicted octanol–water partition coefficient (Wildman–Crippen LogP) is 2.91. The number of benzene rings is 1. The molecular weight excluding hydrogens is 352 g/mol. The molecule has 0 unspecified atom stereocenters. The Balaban J connectivity index is 2.39. The summed E-state index contributed by atoms with van der Waals surface area (Å²) in [7, 11) is -3.44. The van der Waals surface area contributed by atoms with Crippen LogP contribution in [0.2, 0.25) is 0 Å². The number of rotatable bonds is 5. The molecule has 21 heavy (non-hydrogen) atoms. The molecule has 4 nitrogen and oxygen atoms in total. The van der Waals surface area contributed by atoms with Crippen LogP contribution in [0.15, 0.2) is 27.6 Å². The zero-order chi connectivity index (χ0) is 15.5. The van der Waals surface area contributed by atoms with Crippen molar-refractivity contribution >= 4 is 26.0 Å². The van der Waals surface area contributed by atoms with Gasteiger partial charge >= 0.3 is 0 Å². The Kier molecular flexibility index (Phi) is 5.82. The van der Waals surface area contributed by atoms with Gasteiger partial charge in [-0.05, 0) is 57.0 Å². The summed E-state index contributed by atoms with van der Waals surface area (Å²) in [5.41, 5.74) is 0.785. The van der Waals surface area contributed by atoms with E-state index in [0.717, 1.165) is 42.4 Å². The largest absolute Gasteiger partial charge is 0.317 e. The zero-order valence-corrected chi connectivity index (χ0v) is 15.0. The Bertz CT molecular complexity index is 583. The zero-order valence-electron chi connectivity index (χ0n) is 12.6. The van der Waals surface area contributed by atoms with Crippen molar-refractivity contribution in [3.8, 4) is 0 Å². The van der Waals surface area contributed by atoms with Crippen molar-refractivity contribution < 1.29 is 8.42 Å². The molecule has 0 saturated carbocycles. The van der Waals surface area contributed by atoms with Crippen LogP contribution in [0.25, 0.3) is 0 Å². The van der Waals surface area contributed by atoms with E-state index in [0.29, 0.717) is 11.4 Å². The van der Waals surface area contributed by atoms with Crippen molar-refractivity contribution in [3.05, 3.63) is 28.2 Å². The SMILES string of the molecule is CCCN(C1CCNCC1)S(=O)(=O)c1cccc(Br)c1C. The van der Waals surface area contributed by atoms with Crippen LogP contribution in [0.4, 0.5) is 0 Å². The molecular formula is C15H23BrN2O2S. The number of nitrogens with zero attached hydrogens (tertiary/aromatic N) is 1. The van der Waals surface area contributed by atoms with E-state index in [9.17, 15) is 8.42 Å². The van der Waals surface area contributed by atoms with Gasteiger partial charge < -0.3 is 5.32 Å². The lowest BCUT2D eigenvalue weighted by molar-refractivity contribution is 0.262. The Labute approximate surface area is 136 Å². The highest BCUT2D eigenvalue weighted by Crippen LogP contribution is 2.28. The third-order valence-electron chi connectivity index (χ3n) is 3.96. The van der Waals surface area contributed by atoms with E-state index in [4.69, 9.17) is 0 Å². The van der Waals surface area contributed by atoms with Crippen LogP contribution >= 0.6 is 15.9 Å². The average molecular weight is 375 g/mol. The maximum atomic E-state index is 13.1. The summed E-state index contributed by atoms with van der Waals surface area (Å²) in [5, 5.41) is 3.29. The minimum absolute atomic E-state index is 0.106. The molecule has 1 saturated heterocycles. The van der Waals surface area contributed by atoms with Gasteiger partial charge in [-0.1, -0.05) is 28.9 Å². The molecule has 0 atom stereocenters. The van der Waals surface area contributed by atoms with Gasteiger partial charge in [-0.3, -0.25) is 0 Å². The highest BCUT2D eigenvalue weighted by atomic mass is 79.9. The van der Waals surface area contributed by atoms with Gasteiger partial charge in [0.15, 0.2) is 0 Å². The summed E-state index contributed by atoms with van der Waals surface area (Å²) in [6.45, 7) is 6.23. The Hall–Kier alpha value is -0.430. The number of hydrogen-bond acceptors (Lipinski definition) is 3. The molecule has 0 radical (unpaired) electrons. The summed E-state index contributed by atoms with van der Waals surface area (Å²) in [5.74, 6) is 0. The van der Waals surface area contributed by atoms with Crippen LogP contribution in [-0.4, -0.2) is 38.4 Å². The van der Waals surface area contributed by atoms with Crippen LogP contribution < -0.4 is 5.32 Å². The normalized spacial score (nSPS) is 17.3. The van der Waals surface area contributed by atoms with E-state index in [1.807, 2.05) is 19.9 Å². The Morgan fingerprint density at radius 2 is 2.00 bits per heavy atom. The molecule has 1 aromatic rings. The fourth-order valence-electron chi connectivity index (χ4n) is 2.81. The predicted molar refractivity (Wildman–Crippen MR) is 89.0 cm³/mol. The van der Waals surface area contributed by atoms with Gasteiger partial charge in [-0.25, -0.2) is 8.42 Å². The molecule has 0 aromatic heterocycles. The van der Waals surface area contributed by atoms with E-state index in [-0.39, 0.29) is 6.04 Å². The van der Waals surface area contributed by atoms with Crippen molar-refractivity contribution in [3.63, 3.8) is 0 Å². The third kappa shape index (κ3) is 3.67. The Morgan fingerprint density at radius 3 is 2.62 bits per heavy atom. The molecule has 6 heteroatoms. The Morgan fingerprint density at radius 1 is 1.33 bits per heavy atom. The smallest absolute Gasteiger partial charge is 0.243 e. The van der Waals surface area contributed by atoms with Gasteiger partial charge in [-0.2, -0.15) is 4.31 Å². The van der Waals surface area contributed by atoms with E-state index >= 15 is 0 Å². The second kappa shape index (κ2) is 7.22. The molecule has 1 aliphatic rings. The molecule has 1 heterocycles. The number of nitrogens with one attached hydrogen (secondary N) is 1. The van der Waals surface area contributed by atoms with E-state index in [1.54, 1.807) is 16.4 Å². The van der Waals surface area contributed by atoms with E-state index in [2.05, 4.69) is 21.2 Å². The van der Waals surface area contributed by atoms with Gasteiger partial charge in [0, 0.05) is 17.1 Å². The van der Waals surface area contributed by atoms with Crippen molar-refractivity contribution in [1.29, 1.82) is 0 Å². The lowest BCUT2D eigenvalue weighted by Gasteiger charge is -2.34. The molecule has 1 N–H and O–H groups in total. The van der Waals surface area contributed by atoms with Crippen LogP contribution in [-0.2, 0) is 10.0 Å². The number of hydrogen-bond donors (Lipinski definition) is 1. The second-order valence-electron chi connectivity index (χ2n) is 5.46. The molecule has 1 fully saturated rings. The van der Waals surface area contributed by atoms with Gasteiger partial charge in [0.25, 0.3) is 0 Å². The number of sulfonamides is 1. The first-order chi connectivity index (χ1) is 9.98. The van der Waals surface area contributed by atoms with Crippen LogP contribution in [0.5, 0.6) is 0 Å². The first-order valence-corrected chi connectivity index (χ1v) is 9.69. The van der Waals surface area contributed by atoms with Crippen molar-refractivity contribution in [2.75, 3.05) is 19.6 Å². The molecule has 2 rings (SSSR count). The number of halogens is 1. The summed E-state index contributed by atoms with van der Waals surface area (Å²) in [6.07, 6.45) is 2.59. The third-order valence-corrected chi connectivity index (χ3v) is 6.92. The highest BCUT2D eigenvalue weighted by Gasteiger charge is 2.32. The van der Waals surface area contributed by atoms with Crippen molar-refractivity contribution in [2.45, 2.75) is 44.0 Å². The minimum atomic E-state index is -3.44. The molecule has 0 amide bonds. The van der Waals surface area contributed by atoms with Gasteiger partial charge in [0.05, 0.1) is 4.90 Å². The first kappa shape index (κ1) is 16.9.